The van der Waals surface area contributed by atoms with Crippen LogP contribution in [0.2, 0.25) is 0 Å². The Labute approximate surface area is 185 Å². The van der Waals surface area contributed by atoms with Gasteiger partial charge < -0.3 is 4.74 Å². The molecule has 0 fully saturated rings. The van der Waals surface area contributed by atoms with E-state index in [4.69, 9.17) is 17.0 Å². The van der Waals surface area contributed by atoms with Crippen molar-refractivity contribution < 1.29 is 4.74 Å². The third kappa shape index (κ3) is 21.9. The molecule has 0 aliphatic carbocycles. The van der Waals surface area contributed by atoms with Crippen LogP contribution in [-0.4, -0.2) is 68.1 Å². The van der Waals surface area contributed by atoms with E-state index in [1.54, 1.807) is 11.8 Å². The summed E-state index contributed by atoms with van der Waals surface area (Å²) in [7, 11) is 0. The molecule has 0 aliphatic heterocycles. The molecule has 0 saturated heterocycles. The molecule has 0 atom stereocenters. The van der Waals surface area contributed by atoms with E-state index in [0.717, 1.165) is 23.2 Å². The van der Waals surface area contributed by atoms with Crippen LogP contribution in [0, 0.1) is 0 Å². The zero-order valence-corrected chi connectivity index (χ0v) is 15.3. The molecule has 21 heavy (non-hydrogen) atoms. The summed E-state index contributed by atoms with van der Waals surface area (Å²) in [4.78, 5) is 0. The number of thiocarbonyl (C=S) groups is 1. The van der Waals surface area contributed by atoms with Crippen molar-refractivity contribution >= 4 is 79.7 Å². The molecule has 0 rings (SSSR count). The first-order chi connectivity index (χ1) is 9.81. The standard InChI is InChI=1S/C17H34OS2.K.H/c1-3-5-7-9-11-13-15-18-17(19)20-16-14-12-10-8-6-4-2;;/h3-16H2,1-2H3;;. The zero-order chi connectivity index (χ0) is 14.9. The number of hydrogen-bond donors (Lipinski definition) is 0. The fraction of sp³-hybridized carbons (Fsp3) is 0.941. The first-order valence-corrected chi connectivity index (χ1v) is 10.00. The van der Waals surface area contributed by atoms with E-state index in [0.29, 0.717) is 0 Å². The first-order valence-electron chi connectivity index (χ1n) is 8.60. The Morgan fingerprint density at radius 2 is 1.24 bits per heavy atom. The fourth-order valence-electron chi connectivity index (χ4n) is 2.12. The summed E-state index contributed by atoms with van der Waals surface area (Å²) in [5.74, 6) is 1.13. The van der Waals surface area contributed by atoms with Crippen LogP contribution in [0.1, 0.15) is 90.9 Å². The van der Waals surface area contributed by atoms with Gasteiger partial charge >= 0.3 is 51.4 Å². The van der Waals surface area contributed by atoms with E-state index in [-0.39, 0.29) is 51.4 Å². The average Bonchev–Trinajstić information content (AvgIpc) is 2.45. The van der Waals surface area contributed by atoms with Crippen molar-refractivity contribution in [2.24, 2.45) is 0 Å². The van der Waals surface area contributed by atoms with Gasteiger partial charge in [-0.1, -0.05) is 89.8 Å². The van der Waals surface area contributed by atoms with Gasteiger partial charge in [0.25, 0.3) is 0 Å². The number of rotatable bonds is 14. The Hall–Kier alpha value is 1.88. The predicted molar refractivity (Wildman–Crippen MR) is 105 cm³/mol. The third-order valence-electron chi connectivity index (χ3n) is 3.44. The van der Waals surface area contributed by atoms with E-state index in [1.807, 2.05) is 0 Å². The molecule has 0 aromatic carbocycles. The quantitative estimate of drug-likeness (QED) is 0.211. The van der Waals surface area contributed by atoms with Gasteiger partial charge in [0.2, 0.25) is 4.38 Å². The van der Waals surface area contributed by atoms with Crippen molar-refractivity contribution in [3.63, 3.8) is 0 Å². The average molecular weight is 359 g/mol. The summed E-state index contributed by atoms with van der Waals surface area (Å²) in [5, 5.41) is 0. The molecular weight excluding hydrogens is 323 g/mol. The molecule has 0 N–H and O–H groups in total. The van der Waals surface area contributed by atoms with Gasteiger partial charge in [-0.15, -0.1) is 0 Å². The molecule has 0 saturated carbocycles. The van der Waals surface area contributed by atoms with Crippen molar-refractivity contribution in [1.29, 1.82) is 0 Å². The molecule has 0 bridgehead atoms. The molecule has 0 radical (unpaired) electrons. The molecule has 0 unspecified atom stereocenters. The summed E-state index contributed by atoms with van der Waals surface area (Å²) >= 11 is 6.96. The van der Waals surface area contributed by atoms with Crippen molar-refractivity contribution in [3.8, 4) is 0 Å². The van der Waals surface area contributed by atoms with E-state index < -0.39 is 0 Å². The number of hydrogen-bond acceptors (Lipinski definition) is 3. The normalized spacial score (nSPS) is 10.2. The maximum atomic E-state index is 5.59. The number of thioether (sulfide) groups is 1. The topological polar surface area (TPSA) is 9.23 Å². The number of ether oxygens (including phenoxy) is 1. The van der Waals surface area contributed by atoms with E-state index in [2.05, 4.69) is 13.8 Å². The van der Waals surface area contributed by atoms with Crippen LogP contribution in [0.5, 0.6) is 0 Å². The first kappa shape index (κ1) is 25.1. The van der Waals surface area contributed by atoms with Crippen LogP contribution in [0.25, 0.3) is 0 Å². The van der Waals surface area contributed by atoms with Crippen LogP contribution in [0.4, 0.5) is 0 Å². The molecule has 0 amide bonds. The van der Waals surface area contributed by atoms with Gasteiger partial charge in [0, 0.05) is 5.75 Å². The van der Waals surface area contributed by atoms with Crippen LogP contribution < -0.4 is 0 Å². The van der Waals surface area contributed by atoms with Gasteiger partial charge in [-0.25, -0.2) is 0 Å². The molecule has 0 heterocycles. The summed E-state index contributed by atoms with van der Waals surface area (Å²) in [5.41, 5.74) is 0. The fourth-order valence-corrected chi connectivity index (χ4v) is 3.13. The van der Waals surface area contributed by atoms with Gasteiger partial charge in [0.1, 0.15) is 0 Å². The SMILES string of the molecule is CCCCCCCCOC(=S)SCCCCCCCC.[KH]. The Morgan fingerprint density at radius 1 is 0.762 bits per heavy atom. The predicted octanol–water partition coefficient (Wildman–Crippen LogP) is 6.09. The molecule has 0 aromatic heterocycles. The monoisotopic (exact) mass is 358 g/mol. The minimum atomic E-state index is 0. The molecule has 0 aromatic rings. The van der Waals surface area contributed by atoms with Gasteiger partial charge in [-0.3, -0.25) is 0 Å². The van der Waals surface area contributed by atoms with Gasteiger partial charge in [-0.2, -0.15) is 0 Å². The zero-order valence-electron chi connectivity index (χ0n) is 13.6. The van der Waals surface area contributed by atoms with Crippen LogP contribution >= 0.6 is 24.0 Å². The molecule has 0 spiro atoms. The second-order valence-corrected chi connectivity index (χ2v) is 7.18. The molecule has 122 valence electrons. The van der Waals surface area contributed by atoms with Gasteiger partial charge in [0.05, 0.1) is 6.61 Å². The van der Waals surface area contributed by atoms with Gasteiger partial charge in [0.15, 0.2) is 0 Å². The third-order valence-corrected chi connectivity index (χ3v) is 4.75. The van der Waals surface area contributed by atoms with Crippen LogP contribution in [0.3, 0.4) is 0 Å². The molecular formula is C17H35KOS2. The molecule has 4 heteroatoms. The molecule has 0 aliphatic rings. The number of unbranched alkanes of at least 4 members (excludes halogenated alkanes) is 10. The van der Waals surface area contributed by atoms with Crippen LogP contribution in [0.15, 0.2) is 0 Å². The van der Waals surface area contributed by atoms with E-state index in [9.17, 15) is 0 Å². The Kier molecular flexibility index (Phi) is 26.2. The Bertz CT molecular complexity index is 193. The van der Waals surface area contributed by atoms with Crippen molar-refractivity contribution in [3.05, 3.63) is 0 Å². The summed E-state index contributed by atoms with van der Waals surface area (Å²) in [6.45, 7) is 5.33. The van der Waals surface area contributed by atoms with Crippen molar-refractivity contribution in [1.82, 2.24) is 0 Å². The molecule has 1 nitrogen and oxygen atoms in total. The maximum absolute atomic E-state index is 5.59. The second-order valence-electron chi connectivity index (χ2n) is 5.48. The van der Waals surface area contributed by atoms with Crippen molar-refractivity contribution in [2.45, 2.75) is 90.9 Å². The van der Waals surface area contributed by atoms with E-state index >= 15 is 0 Å². The Morgan fingerprint density at radius 3 is 1.81 bits per heavy atom. The minimum absolute atomic E-state index is 0. The van der Waals surface area contributed by atoms with Crippen molar-refractivity contribution in [2.75, 3.05) is 12.4 Å². The second kappa shape index (κ2) is 21.9. The van der Waals surface area contributed by atoms with E-state index in [1.165, 1.54) is 70.6 Å². The van der Waals surface area contributed by atoms with Gasteiger partial charge in [-0.05, 0) is 25.1 Å². The van der Waals surface area contributed by atoms with Crippen LogP contribution in [-0.2, 0) is 4.74 Å². The Balaban J connectivity index is 0. The summed E-state index contributed by atoms with van der Waals surface area (Å²) in [6.07, 6.45) is 15.9. The summed E-state index contributed by atoms with van der Waals surface area (Å²) in [6, 6.07) is 0. The summed E-state index contributed by atoms with van der Waals surface area (Å²) < 4.78 is 6.34.